The van der Waals surface area contributed by atoms with Crippen LogP contribution in [-0.2, 0) is 20.1 Å². The van der Waals surface area contributed by atoms with Crippen LogP contribution < -0.4 is 5.19 Å². The van der Waals surface area contributed by atoms with Gasteiger partial charge in [0.15, 0.2) is 0 Å². The SMILES string of the molecule is CC(C)c1cc(-c2[c-]cccc2)ncc1[Si](C)(C)C.CC(C)c1ccnc(-c2[c-]cc(F)c3c2oc2cc(-c4ccccc4)ccc23)c1.[Ir]. The third kappa shape index (κ3) is 7.83. The van der Waals surface area contributed by atoms with E-state index >= 15 is 0 Å². The molecule has 1 radical (unpaired) electrons. The summed E-state index contributed by atoms with van der Waals surface area (Å²) in [5, 5.41) is 2.71. The maximum atomic E-state index is 14.8. The third-order valence-corrected chi connectivity index (χ3v) is 10.7. The van der Waals surface area contributed by atoms with Crippen LogP contribution in [0.5, 0.6) is 0 Å². The molecular formula is C43H41FIrN2OSi-2. The minimum absolute atomic E-state index is 0. The Hall–Kier alpha value is -4.22. The fourth-order valence-electron chi connectivity index (χ4n) is 6.00. The Labute approximate surface area is 304 Å². The van der Waals surface area contributed by atoms with E-state index in [1.807, 2.05) is 78.9 Å². The molecule has 49 heavy (non-hydrogen) atoms. The normalized spacial score (nSPS) is 11.5. The van der Waals surface area contributed by atoms with Crippen molar-refractivity contribution in [2.45, 2.75) is 59.2 Å². The average molecular weight is 841 g/mol. The summed E-state index contributed by atoms with van der Waals surface area (Å²) < 4.78 is 20.9. The molecule has 0 aliphatic carbocycles. The number of aromatic nitrogens is 2. The second-order valence-corrected chi connectivity index (χ2v) is 18.9. The Morgan fingerprint density at radius 1 is 0.755 bits per heavy atom. The van der Waals surface area contributed by atoms with Gasteiger partial charge in [-0.25, -0.2) is 0 Å². The van der Waals surface area contributed by atoms with Gasteiger partial charge in [-0.05, 0) is 57.1 Å². The molecule has 3 aromatic heterocycles. The molecule has 0 saturated heterocycles. The van der Waals surface area contributed by atoms with Crippen molar-refractivity contribution in [3.63, 3.8) is 0 Å². The third-order valence-electron chi connectivity index (χ3n) is 8.66. The molecule has 3 heterocycles. The smallest absolute Gasteiger partial charge is 0.121 e. The molecule has 251 valence electrons. The van der Waals surface area contributed by atoms with Crippen molar-refractivity contribution < 1.29 is 28.9 Å². The van der Waals surface area contributed by atoms with Gasteiger partial charge in [-0.3, -0.25) is 4.39 Å². The number of rotatable bonds is 6. The zero-order chi connectivity index (χ0) is 34.0. The average Bonchev–Trinajstić information content (AvgIpc) is 3.48. The number of hydrogen-bond acceptors (Lipinski definition) is 3. The molecule has 0 amide bonds. The first kappa shape index (κ1) is 36.1. The van der Waals surface area contributed by atoms with Crippen molar-refractivity contribution in [2.24, 2.45) is 0 Å². The Kier molecular flexibility index (Phi) is 11.1. The van der Waals surface area contributed by atoms with Crippen LogP contribution in [0.2, 0.25) is 19.6 Å². The van der Waals surface area contributed by atoms with E-state index in [9.17, 15) is 4.39 Å². The first-order chi connectivity index (χ1) is 23.0. The molecule has 4 aromatic carbocycles. The van der Waals surface area contributed by atoms with Crippen LogP contribution in [0, 0.1) is 17.9 Å². The topological polar surface area (TPSA) is 38.9 Å². The predicted molar refractivity (Wildman–Crippen MR) is 201 cm³/mol. The molecule has 3 nitrogen and oxygen atoms in total. The second-order valence-electron chi connectivity index (χ2n) is 13.9. The molecule has 0 bridgehead atoms. The number of pyridine rings is 2. The Morgan fingerprint density at radius 3 is 2.18 bits per heavy atom. The van der Waals surface area contributed by atoms with Gasteiger partial charge in [0.1, 0.15) is 5.58 Å². The van der Waals surface area contributed by atoms with Gasteiger partial charge < -0.3 is 14.4 Å². The fraction of sp³-hybridized carbons (Fsp3) is 0.209. The van der Waals surface area contributed by atoms with Crippen molar-refractivity contribution in [3.05, 3.63) is 139 Å². The van der Waals surface area contributed by atoms with Gasteiger partial charge in [0, 0.05) is 43.7 Å². The van der Waals surface area contributed by atoms with Gasteiger partial charge in [0.05, 0.1) is 13.7 Å². The van der Waals surface area contributed by atoms with Crippen molar-refractivity contribution in [1.29, 1.82) is 0 Å². The number of hydrogen-bond donors (Lipinski definition) is 0. The Balaban J connectivity index is 0.000000205. The maximum Gasteiger partial charge on any atom is 0.121 e. The van der Waals surface area contributed by atoms with Crippen molar-refractivity contribution in [1.82, 2.24) is 9.97 Å². The monoisotopic (exact) mass is 841 g/mol. The number of fused-ring (bicyclic) bond motifs is 3. The van der Waals surface area contributed by atoms with E-state index in [-0.39, 0.29) is 25.9 Å². The molecule has 0 unspecified atom stereocenters. The van der Waals surface area contributed by atoms with Gasteiger partial charge in [-0.2, -0.15) is 0 Å². The molecule has 0 fully saturated rings. The minimum atomic E-state index is -1.34. The molecule has 6 heteroatoms. The van der Waals surface area contributed by atoms with Crippen LogP contribution in [0.3, 0.4) is 0 Å². The van der Waals surface area contributed by atoms with E-state index < -0.39 is 8.07 Å². The summed E-state index contributed by atoms with van der Waals surface area (Å²) in [6, 6.07) is 38.0. The maximum absolute atomic E-state index is 14.8. The number of halogens is 1. The molecule has 0 N–H and O–H groups in total. The summed E-state index contributed by atoms with van der Waals surface area (Å²) >= 11 is 0. The second kappa shape index (κ2) is 15.1. The van der Waals surface area contributed by atoms with Crippen LogP contribution in [0.4, 0.5) is 4.39 Å². The largest absolute Gasteiger partial charge is 0.500 e. The molecule has 0 spiro atoms. The summed E-state index contributed by atoms with van der Waals surface area (Å²) in [5.74, 6) is 0.568. The van der Waals surface area contributed by atoms with Gasteiger partial charge in [0.2, 0.25) is 0 Å². The van der Waals surface area contributed by atoms with Gasteiger partial charge in [-0.15, -0.1) is 48.0 Å². The zero-order valence-electron chi connectivity index (χ0n) is 29.1. The van der Waals surface area contributed by atoms with E-state index in [0.717, 1.165) is 33.5 Å². The van der Waals surface area contributed by atoms with E-state index in [4.69, 9.17) is 4.42 Å². The van der Waals surface area contributed by atoms with Crippen LogP contribution in [0.1, 0.15) is 50.7 Å². The number of nitrogens with zero attached hydrogens (tertiary/aromatic N) is 2. The van der Waals surface area contributed by atoms with E-state index in [1.54, 1.807) is 6.20 Å². The predicted octanol–water partition coefficient (Wildman–Crippen LogP) is 11.6. The molecule has 0 saturated carbocycles. The van der Waals surface area contributed by atoms with Gasteiger partial charge >= 0.3 is 0 Å². The van der Waals surface area contributed by atoms with E-state index in [0.29, 0.717) is 34.0 Å². The Morgan fingerprint density at radius 2 is 1.51 bits per heavy atom. The van der Waals surface area contributed by atoms with Crippen LogP contribution in [0.15, 0.2) is 114 Å². The molecule has 7 rings (SSSR count). The van der Waals surface area contributed by atoms with Gasteiger partial charge in [-0.1, -0.05) is 119 Å². The first-order valence-electron chi connectivity index (χ1n) is 16.6. The zero-order valence-corrected chi connectivity index (χ0v) is 32.5. The summed E-state index contributed by atoms with van der Waals surface area (Å²) in [6.45, 7) is 15.9. The standard InChI is InChI=1S/C26H19FNO.C17H22NSi.Ir/c1-16(2)18-12-13-28-23(14-18)20-10-11-22(27)25-21-9-8-19(15-24(21)29-26(20)25)17-6-4-3-5-7-17;1-13(2)15-11-16(14-9-7-6-8-10-14)18-12-17(15)19(3,4)5;/h3-9,11-16H,1-2H3;6-9,11-13H,1-5H3;/q2*-1;. The number of benzene rings is 4. The fourth-order valence-corrected chi connectivity index (χ4v) is 7.68. The molecule has 0 aliphatic heterocycles. The summed E-state index contributed by atoms with van der Waals surface area (Å²) in [5.41, 5.74) is 9.41. The molecular weight excluding hydrogens is 800 g/mol. The van der Waals surface area contributed by atoms with E-state index in [1.165, 1.54) is 22.4 Å². The minimum Gasteiger partial charge on any atom is -0.500 e. The summed E-state index contributed by atoms with van der Waals surface area (Å²) in [7, 11) is -1.34. The first-order valence-corrected chi connectivity index (χ1v) is 20.1. The van der Waals surface area contributed by atoms with Crippen molar-refractivity contribution in [3.8, 4) is 33.6 Å². The molecule has 7 aromatic rings. The van der Waals surface area contributed by atoms with Crippen molar-refractivity contribution >= 4 is 35.2 Å². The summed E-state index contributed by atoms with van der Waals surface area (Å²) in [4.78, 5) is 9.16. The van der Waals surface area contributed by atoms with Crippen LogP contribution in [0.25, 0.3) is 55.6 Å². The van der Waals surface area contributed by atoms with Gasteiger partial charge in [0.25, 0.3) is 0 Å². The van der Waals surface area contributed by atoms with E-state index in [2.05, 4.69) is 87.8 Å². The number of furan rings is 1. The van der Waals surface area contributed by atoms with Crippen LogP contribution >= 0.6 is 0 Å². The van der Waals surface area contributed by atoms with Crippen LogP contribution in [-0.4, -0.2) is 18.0 Å². The Bertz CT molecular complexity index is 2190. The quantitative estimate of drug-likeness (QED) is 0.124. The molecule has 0 atom stereocenters. The summed E-state index contributed by atoms with van der Waals surface area (Å²) in [6.07, 6.45) is 3.88. The van der Waals surface area contributed by atoms with Crippen molar-refractivity contribution in [2.75, 3.05) is 0 Å². The molecule has 0 aliphatic rings.